The molecule has 0 aromatic heterocycles. The monoisotopic (exact) mass is 1250 g/mol. The second kappa shape index (κ2) is 69.0. The van der Waals surface area contributed by atoms with Crippen molar-refractivity contribution in [1.82, 2.24) is 5.32 Å². The molecule has 6 N–H and O–H groups in total. The Balaban J connectivity index is 2.01. The molecule has 88 heavy (non-hydrogen) atoms. The number of carbonyl (C=O) groups is 1. The maximum Gasteiger partial charge on any atom is 0.220 e. The SMILES string of the molecule is CCCCCCCCCCCCCCCCCCCCCCCCCCCCCCCCCCCCCCCCCC(=O)NC(COC1OC(CO)C(O)C(O)C1O)C(O)CCCCCCCCCCCCCCCCCCCCCCCCCCCC. The topological polar surface area (TPSA) is 149 Å². The van der Waals surface area contributed by atoms with E-state index < -0.39 is 49.5 Å². The van der Waals surface area contributed by atoms with E-state index in [4.69, 9.17) is 9.47 Å². The van der Waals surface area contributed by atoms with Gasteiger partial charge in [-0.25, -0.2) is 0 Å². The second-order valence-electron chi connectivity index (χ2n) is 28.6. The van der Waals surface area contributed by atoms with E-state index in [2.05, 4.69) is 19.2 Å². The van der Waals surface area contributed by atoms with Crippen molar-refractivity contribution in [2.75, 3.05) is 13.2 Å². The molecule has 1 heterocycles. The standard InChI is InChI=1S/C79H157NO8/c1-3-5-7-9-11-13-15-17-19-21-23-25-27-29-31-32-33-34-35-36-37-38-39-40-41-42-43-45-47-49-51-53-55-57-59-61-63-65-67-69-75(83)80-72(71-87-79-78(86)77(85)76(84)74(70-81)88-79)73(82)68-66-64-62-60-58-56-54-52-50-48-46-44-30-28-26-24-22-20-18-16-14-12-10-8-6-4-2/h72-74,76-79,81-82,84-86H,3-71H2,1-2H3,(H,80,83). The molecular formula is C79H157NO8. The van der Waals surface area contributed by atoms with E-state index in [9.17, 15) is 30.3 Å². The van der Waals surface area contributed by atoms with E-state index in [1.165, 1.54) is 379 Å². The van der Waals surface area contributed by atoms with Crippen molar-refractivity contribution in [2.45, 2.75) is 487 Å². The normalized spacial score (nSPS) is 17.7. The van der Waals surface area contributed by atoms with E-state index in [-0.39, 0.29) is 12.5 Å². The van der Waals surface area contributed by atoms with Gasteiger partial charge in [0.2, 0.25) is 5.91 Å². The molecule has 1 aliphatic rings. The molecule has 1 amide bonds. The van der Waals surface area contributed by atoms with Crippen LogP contribution < -0.4 is 5.32 Å². The number of hydrogen-bond donors (Lipinski definition) is 6. The van der Waals surface area contributed by atoms with Gasteiger partial charge in [0.25, 0.3) is 0 Å². The Labute approximate surface area is 548 Å². The molecule has 1 saturated heterocycles. The first kappa shape index (κ1) is 85.2. The van der Waals surface area contributed by atoms with Crippen molar-refractivity contribution >= 4 is 5.91 Å². The molecule has 0 aliphatic carbocycles. The maximum atomic E-state index is 13.2. The summed E-state index contributed by atoms with van der Waals surface area (Å²) in [6.07, 6.45) is 82.3. The molecule has 0 bridgehead atoms. The summed E-state index contributed by atoms with van der Waals surface area (Å²) in [6, 6.07) is -0.716. The molecule has 7 unspecified atom stereocenters. The fourth-order valence-electron chi connectivity index (χ4n) is 13.7. The molecule has 0 aromatic carbocycles. The smallest absolute Gasteiger partial charge is 0.220 e. The molecule has 0 radical (unpaired) electrons. The number of aliphatic hydroxyl groups is 5. The summed E-state index contributed by atoms with van der Waals surface area (Å²) in [5.74, 6) is -0.131. The highest BCUT2D eigenvalue weighted by atomic mass is 16.7. The Morgan fingerprint density at radius 3 is 0.807 bits per heavy atom. The average molecular weight is 1250 g/mol. The van der Waals surface area contributed by atoms with Crippen molar-refractivity contribution < 1.29 is 39.8 Å². The summed E-state index contributed by atoms with van der Waals surface area (Å²) in [6.45, 7) is 3.92. The lowest BCUT2D eigenvalue weighted by Crippen LogP contribution is -2.60. The van der Waals surface area contributed by atoms with Gasteiger partial charge in [0, 0.05) is 6.42 Å². The van der Waals surface area contributed by atoms with Crippen LogP contribution in [0.5, 0.6) is 0 Å². The number of carbonyl (C=O) groups excluding carboxylic acids is 1. The van der Waals surface area contributed by atoms with Crippen LogP contribution in [0.15, 0.2) is 0 Å². The Hall–Kier alpha value is -0.810. The van der Waals surface area contributed by atoms with Crippen LogP contribution in [-0.2, 0) is 14.3 Å². The van der Waals surface area contributed by atoms with Gasteiger partial charge in [0.05, 0.1) is 25.4 Å². The van der Waals surface area contributed by atoms with Gasteiger partial charge in [-0.05, 0) is 12.8 Å². The third kappa shape index (κ3) is 56.7. The number of nitrogens with one attached hydrogen (secondary N) is 1. The van der Waals surface area contributed by atoms with Gasteiger partial charge in [-0.2, -0.15) is 0 Å². The maximum absolute atomic E-state index is 13.2. The van der Waals surface area contributed by atoms with Crippen LogP contribution in [0.1, 0.15) is 444 Å². The molecule has 9 nitrogen and oxygen atoms in total. The first-order valence-corrected chi connectivity index (χ1v) is 40.2. The molecule has 9 heteroatoms. The quantitative estimate of drug-likeness (QED) is 0.0330. The molecule has 0 saturated carbocycles. The van der Waals surface area contributed by atoms with Crippen molar-refractivity contribution in [3.05, 3.63) is 0 Å². The summed E-state index contributed by atoms with van der Waals surface area (Å²) in [5, 5.41) is 55.1. The van der Waals surface area contributed by atoms with E-state index in [0.717, 1.165) is 38.5 Å². The molecule has 0 spiro atoms. The zero-order valence-electron chi connectivity index (χ0n) is 59.3. The number of amides is 1. The summed E-state index contributed by atoms with van der Waals surface area (Å²) >= 11 is 0. The number of hydrogen-bond acceptors (Lipinski definition) is 8. The number of rotatable bonds is 73. The predicted molar refractivity (Wildman–Crippen MR) is 378 cm³/mol. The third-order valence-corrected chi connectivity index (χ3v) is 20.0. The molecular weight excluding hydrogens is 1090 g/mol. The third-order valence-electron chi connectivity index (χ3n) is 20.0. The largest absolute Gasteiger partial charge is 0.394 e. The van der Waals surface area contributed by atoms with Crippen LogP contribution >= 0.6 is 0 Å². The lowest BCUT2D eigenvalue weighted by molar-refractivity contribution is -0.302. The first-order valence-electron chi connectivity index (χ1n) is 40.2. The van der Waals surface area contributed by atoms with Gasteiger partial charge in [0.15, 0.2) is 6.29 Å². The van der Waals surface area contributed by atoms with Crippen molar-refractivity contribution in [1.29, 1.82) is 0 Å². The Bertz CT molecular complexity index is 1350. The Morgan fingerprint density at radius 2 is 0.568 bits per heavy atom. The van der Waals surface area contributed by atoms with Gasteiger partial charge < -0.3 is 40.3 Å². The van der Waals surface area contributed by atoms with Crippen LogP contribution in [0.2, 0.25) is 0 Å². The van der Waals surface area contributed by atoms with Crippen LogP contribution in [0.25, 0.3) is 0 Å². The highest BCUT2D eigenvalue weighted by molar-refractivity contribution is 5.76. The van der Waals surface area contributed by atoms with Crippen LogP contribution in [0.4, 0.5) is 0 Å². The van der Waals surface area contributed by atoms with Gasteiger partial charge in [-0.15, -0.1) is 0 Å². The Kier molecular flexibility index (Phi) is 66.8. The molecule has 1 fully saturated rings. The lowest BCUT2D eigenvalue weighted by Gasteiger charge is -2.40. The van der Waals surface area contributed by atoms with Crippen molar-refractivity contribution in [2.24, 2.45) is 0 Å². The molecule has 1 rings (SSSR count). The minimum absolute atomic E-state index is 0.130. The molecule has 0 aromatic rings. The lowest BCUT2D eigenvalue weighted by atomic mass is 9.99. The zero-order chi connectivity index (χ0) is 63.5. The van der Waals surface area contributed by atoms with Crippen LogP contribution in [0.3, 0.4) is 0 Å². The fraction of sp³-hybridized carbons (Fsp3) is 0.987. The van der Waals surface area contributed by atoms with Crippen molar-refractivity contribution in [3.63, 3.8) is 0 Å². The summed E-state index contributed by atoms with van der Waals surface area (Å²) in [5.41, 5.74) is 0. The average Bonchev–Trinajstić information content (AvgIpc) is 3.65. The van der Waals surface area contributed by atoms with Gasteiger partial charge in [-0.3, -0.25) is 4.79 Å². The van der Waals surface area contributed by atoms with Crippen molar-refractivity contribution in [3.8, 4) is 0 Å². The minimum Gasteiger partial charge on any atom is -0.394 e. The fourth-order valence-corrected chi connectivity index (χ4v) is 13.7. The molecule has 7 atom stereocenters. The number of unbranched alkanes of at least 4 members (excludes halogenated alkanes) is 63. The van der Waals surface area contributed by atoms with Gasteiger partial charge in [0.1, 0.15) is 24.4 Å². The summed E-state index contributed by atoms with van der Waals surface area (Å²) < 4.78 is 11.4. The molecule has 1 aliphatic heterocycles. The summed E-state index contributed by atoms with van der Waals surface area (Å²) in [7, 11) is 0. The number of aliphatic hydroxyl groups excluding tert-OH is 5. The zero-order valence-corrected chi connectivity index (χ0v) is 59.3. The highest BCUT2D eigenvalue weighted by Crippen LogP contribution is 2.25. The second-order valence-corrected chi connectivity index (χ2v) is 28.6. The minimum atomic E-state index is -1.55. The van der Waals surface area contributed by atoms with Gasteiger partial charge in [-0.1, -0.05) is 425 Å². The first-order chi connectivity index (χ1) is 43.3. The van der Waals surface area contributed by atoms with E-state index in [1.807, 2.05) is 0 Å². The van der Waals surface area contributed by atoms with Crippen LogP contribution in [-0.4, -0.2) is 87.5 Å². The van der Waals surface area contributed by atoms with E-state index in [1.54, 1.807) is 0 Å². The Morgan fingerprint density at radius 1 is 0.341 bits per heavy atom. The predicted octanol–water partition coefficient (Wildman–Crippen LogP) is 22.8. The summed E-state index contributed by atoms with van der Waals surface area (Å²) in [4.78, 5) is 13.2. The van der Waals surface area contributed by atoms with E-state index in [0.29, 0.717) is 12.8 Å². The highest BCUT2D eigenvalue weighted by Gasteiger charge is 2.44. The van der Waals surface area contributed by atoms with E-state index >= 15 is 0 Å². The van der Waals surface area contributed by atoms with Crippen LogP contribution in [0, 0.1) is 0 Å². The number of ether oxygens (including phenoxy) is 2. The molecule has 526 valence electrons. The van der Waals surface area contributed by atoms with Gasteiger partial charge >= 0.3 is 0 Å².